The van der Waals surface area contributed by atoms with E-state index in [4.69, 9.17) is 14.7 Å². The van der Waals surface area contributed by atoms with Crippen LogP contribution < -0.4 is 4.74 Å². The molecule has 0 aliphatic rings. The molecule has 0 radical (unpaired) electrons. The molecule has 53 heavy (non-hydrogen) atoms. The Morgan fingerprint density at radius 1 is 0.528 bits per heavy atom. The van der Waals surface area contributed by atoms with Gasteiger partial charge in [0.2, 0.25) is 0 Å². The predicted molar refractivity (Wildman–Crippen MR) is 191 cm³/mol. The molecule has 0 heterocycles. The highest BCUT2D eigenvalue weighted by Gasteiger charge is 2.15. The van der Waals surface area contributed by atoms with Gasteiger partial charge in [-0.3, -0.25) is 9.59 Å². The van der Waals surface area contributed by atoms with Crippen molar-refractivity contribution in [2.45, 2.75) is 64.4 Å². The molecule has 0 aliphatic heterocycles. The van der Waals surface area contributed by atoms with Gasteiger partial charge in [0, 0.05) is 30.0 Å². The highest BCUT2D eigenvalue weighted by Crippen LogP contribution is 2.31. The van der Waals surface area contributed by atoms with Crippen molar-refractivity contribution in [2.75, 3.05) is 0 Å². The zero-order valence-electron chi connectivity index (χ0n) is 28.8. The summed E-state index contributed by atoms with van der Waals surface area (Å²) in [5, 5.41) is 8.86. The molecule has 272 valence electrons. The van der Waals surface area contributed by atoms with Crippen molar-refractivity contribution in [3.05, 3.63) is 137 Å². The minimum Gasteiger partial charge on any atom is -0.461 e. The van der Waals surface area contributed by atoms with Gasteiger partial charge in [0.05, 0.1) is 0 Å². The first kappa shape index (κ1) is 38.4. The number of esters is 2. The minimum absolute atomic E-state index is 0.0000496. The number of hydrogen-bond donors (Lipinski definition) is 0. The maximum atomic E-state index is 14.9. The number of halogens is 5. The summed E-state index contributed by atoms with van der Waals surface area (Å²) in [5.74, 6) is -4.38. The van der Waals surface area contributed by atoms with E-state index >= 15 is 0 Å². The Kier molecular flexibility index (Phi) is 13.5. The first-order chi connectivity index (χ1) is 25.6. The molecule has 0 fully saturated rings. The van der Waals surface area contributed by atoms with Gasteiger partial charge < -0.3 is 9.47 Å². The van der Waals surface area contributed by atoms with Crippen LogP contribution in [0.4, 0.5) is 22.0 Å². The third kappa shape index (κ3) is 10.8. The molecule has 5 nitrogen and oxygen atoms in total. The number of nitrogens with zero attached hydrogens (tertiary/aromatic N) is 1. The maximum absolute atomic E-state index is 14.9. The quantitative estimate of drug-likeness (QED) is 0.0438. The Labute approximate surface area is 304 Å². The van der Waals surface area contributed by atoms with E-state index in [0.717, 1.165) is 55.9 Å². The van der Waals surface area contributed by atoms with Gasteiger partial charge in [-0.05, 0) is 83.1 Å². The van der Waals surface area contributed by atoms with E-state index < -0.39 is 40.6 Å². The van der Waals surface area contributed by atoms with Crippen LogP contribution in [0.2, 0.25) is 0 Å². The van der Waals surface area contributed by atoms with E-state index in [1.54, 1.807) is 30.3 Å². The lowest BCUT2D eigenvalue weighted by Crippen LogP contribution is -2.07. The number of ether oxygens (including phenoxy) is 2. The molecule has 5 rings (SSSR count). The zero-order chi connectivity index (χ0) is 37.7. The smallest absolute Gasteiger partial charge is 0.311 e. The summed E-state index contributed by atoms with van der Waals surface area (Å²) in [5.41, 5.74) is 2.09. The third-order valence-electron chi connectivity index (χ3n) is 8.71. The molecule has 0 saturated heterocycles. The molecule has 5 aromatic carbocycles. The second-order valence-corrected chi connectivity index (χ2v) is 12.6. The fourth-order valence-corrected chi connectivity index (χ4v) is 5.82. The number of unbranched alkanes of at least 4 members (excludes halogenated alkanes) is 6. The molecule has 0 N–H and O–H groups in total. The van der Waals surface area contributed by atoms with Crippen LogP contribution in [0.1, 0.15) is 68.9 Å². The SMILES string of the molecule is N#Cc1c(F)cc(-c2ccc(-c3ccc(COC(=O)CCCCCCCCCC(=O)Oc4ccc(-c5ccc(F)cc5)c(F)c4)cc3)cc2F)cc1F. The van der Waals surface area contributed by atoms with Crippen molar-refractivity contribution in [2.24, 2.45) is 0 Å². The van der Waals surface area contributed by atoms with E-state index in [9.17, 15) is 31.5 Å². The van der Waals surface area contributed by atoms with Crippen molar-refractivity contribution < 1.29 is 41.0 Å². The number of rotatable bonds is 16. The summed E-state index contributed by atoms with van der Waals surface area (Å²) in [6.45, 7) is 0.0981. The summed E-state index contributed by atoms with van der Waals surface area (Å²) < 4.78 is 81.3. The van der Waals surface area contributed by atoms with E-state index in [0.29, 0.717) is 36.0 Å². The van der Waals surface area contributed by atoms with Gasteiger partial charge in [0.15, 0.2) is 0 Å². The molecule has 0 atom stereocenters. The van der Waals surface area contributed by atoms with Crippen LogP contribution in [0, 0.1) is 40.4 Å². The van der Waals surface area contributed by atoms with Gasteiger partial charge >= 0.3 is 11.9 Å². The highest BCUT2D eigenvalue weighted by molar-refractivity contribution is 5.74. The van der Waals surface area contributed by atoms with Crippen molar-refractivity contribution in [1.29, 1.82) is 5.26 Å². The van der Waals surface area contributed by atoms with Crippen LogP contribution in [0.3, 0.4) is 0 Å². The molecule has 0 bridgehead atoms. The predicted octanol–water partition coefficient (Wildman–Crippen LogP) is 11.4. The van der Waals surface area contributed by atoms with Gasteiger partial charge in [0.25, 0.3) is 0 Å². The molecule has 10 heteroatoms. The van der Waals surface area contributed by atoms with E-state index in [2.05, 4.69) is 0 Å². The average Bonchev–Trinajstić information content (AvgIpc) is 3.14. The second kappa shape index (κ2) is 18.6. The topological polar surface area (TPSA) is 76.4 Å². The molecule has 5 aromatic rings. The Hall–Kier alpha value is -5.82. The molecule has 0 aromatic heterocycles. The lowest BCUT2D eigenvalue weighted by atomic mass is 9.98. The van der Waals surface area contributed by atoms with Crippen LogP contribution in [0.5, 0.6) is 5.75 Å². The zero-order valence-corrected chi connectivity index (χ0v) is 28.8. The Bertz CT molecular complexity index is 2070. The number of benzene rings is 5. The molecular formula is C43H36F5NO4. The molecule has 0 saturated carbocycles. The van der Waals surface area contributed by atoms with Crippen LogP contribution in [0.15, 0.2) is 97.1 Å². The van der Waals surface area contributed by atoms with E-state index in [-0.39, 0.29) is 41.4 Å². The molecular weight excluding hydrogens is 689 g/mol. The first-order valence-electron chi connectivity index (χ1n) is 17.3. The molecule has 0 aliphatic carbocycles. The van der Waals surface area contributed by atoms with Crippen LogP contribution >= 0.6 is 0 Å². The summed E-state index contributed by atoms with van der Waals surface area (Å²) in [4.78, 5) is 24.4. The van der Waals surface area contributed by atoms with Crippen LogP contribution in [0.25, 0.3) is 33.4 Å². The van der Waals surface area contributed by atoms with Gasteiger partial charge in [-0.2, -0.15) is 5.26 Å². The van der Waals surface area contributed by atoms with E-state index in [1.807, 2.05) is 0 Å². The number of hydrogen-bond acceptors (Lipinski definition) is 5. The Balaban J connectivity index is 0.930. The van der Waals surface area contributed by atoms with Gasteiger partial charge in [0.1, 0.15) is 53.1 Å². The van der Waals surface area contributed by atoms with E-state index in [1.165, 1.54) is 54.6 Å². The molecule has 0 spiro atoms. The average molecular weight is 726 g/mol. The van der Waals surface area contributed by atoms with Crippen molar-refractivity contribution in [1.82, 2.24) is 0 Å². The number of nitriles is 1. The molecule has 0 amide bonds. The van der Waals surface area contributed by atoms with Crippen LogP contribution in [-0.2, 0) is 20.9 Å². The third-order valence-corrected chi connectivity index (χ3v) is 8.71. The van der Waals surface area contributed by atoms with Crippen LogP contribution in [-0.4, -0.2) is 11.9 Å². The Morgan fingerprint density at radius 2 is 1.04 bits per heavy atom. The minimum atomic E-state index is -1.06. The first-order valence-corrected chi connectivity index (χ1v) is 17.3. The summed E-state index contributed by atoms with van der Waals surface area (Å²) in [7, 11) is 0. The van der Waals surface area contributed by atoms with Crippen molar-refractivity contribution in [3.63, 3.8) is 0 Å². The lowest BCUT2D eigenvalue weighted by Gasteiger charge is -2.09. The standard InChI is InChI=1S/C43H36F5NO4/c44-33-17-14-30(15-18-33)35-21-19-34(25-41(35)48)53-43(51)9-7-5-3-1-2-4-6-8-42(50)52-27-28-10-12-29(13-11-28)31-16-20-36(38(45)22-31)32-23-39(46)37(26-49)40(47)24-32/h10-25H,1-9,27H2. The fourth-order valence-electron chi connectivity index (χ4n) is 5.82. The second-order valence-electron chi connectivity index (χ2n) is 12.6. The Morgan fingerprint density at radius 3 is 1.64 bits per heavy atom. The van der Waals surface area contributed by atoms with Gasteiger partial charge in [-0.15, -0.1) is 0 Å². The summed E-state index contributed by atoms with van der Waals surface area (Å²) >= 11 is 0. The highest BCUT2D eigenvalue weighted by atomic mass is 19.1. The lowest BCUT2D eigenvalue weighted by molar-refractivity contribution is -0.145. The number of carbonyl (C=O) groups excluding carboxylic acids is 2. The van der Waals surface area contributed by atoms with Gasteiger partial charge in [-0.25, -0.2) is 22.0 Å². The monoisotopic (exact) mass is 725 g/mol. The largest absolute Gasteiger partial charge is 0.461 e. The normalized spacial score (nSPS) is 10.9. The van der Waals surface area contributed by atoms with Gasteiger partial charge in [-0.1, -0.05) is 80.6 Å². The fraction of sp³-hybridized carbons (Fsp3) is 0.233. The molecule has 0 unspecified atom stereocenters. The summed E-state index contributed by atoms with van der Waals surface area (Å²) in [6.07, 6.45) is 6.42. The number of carbonyl (C=O) groups is 2. The van der Waals surface area contributed by atoms with Crippen molar-refractivity contribution >= 4 is 11.9 Å². The van der Waals surface area contributed by atoms with Crippen molar-refractivity contribution in [3.8, 4) is 45.2 Å². The maximum Gasteiger partial charge on any atom is 0.311 e. The summed E-state index contributed by atoms with van der Waals surface area (Å²) in [6, 6.07) is 24.3.